The summed E-state index contributed by atoms with van der Waals surface area (Å²) in [6, 6.07) is 6.94. The first-order chi connectivity index (χ1) is 20.0. The number of phosphoric acid groups is 1. The molecule has 0 saturated carbocycles. The SMILES string of the molecule is CCCCCCCCCCCCCCCCCCOCC(COP(=O)([O-])Oc1ccc(C[n+]2ccsc2)cc1)OC. The maximum Gasteiger partial charge on any atom is 0.319 e. The third kappa shape index (κ3) is 18.8. The van der Waals surface area contributed by atoms with Crippen molar-refractivity contribution in [3.8, 4) is 5.75 Å². The van der Waals surface area contributed by atoms with Crippen LogP contribution in [0, 0.1) is 0 Å². The van der Waals surface area contributed by atoms with E-state index < -0.39 is 13.9 Å². The molecule has 0 radical (unpaired) electrons. The summed E-state index contributed by atoms with van der Waals surface area (Å²) in [5, 5.41) is 2.00. The van der Waals surface area contributed by atoms with E-state index in [9.17, 15) is 9.46 Å². The Balaban J connectivity index is 1.42. The van der Waals surface area contributed by atoms with E-state index >= 15 is 0 Å². The summed E-state index contributed by atoms with van der Waals surface area (Å²) in [5.74, 6) is 0.219. The van der Waals surface area contributed by atoms with Gasteiger partial charge in [-0.1, -0.05) is 115 Å². The highest BCUT2D eigenvalue weighted by molar-refractivity contribution is 7.46. The number of ether oxygens (including phenoxy) is 2. The Bertz CT molecular complexity index is 911. The van der Waals surface area contributed by atoms with Crippen LogP contribution in [0.4, 0.5) is 0 Å². The van der Waals surface area contributed by atoms with Gasteiger partial charge in [-0.05, 0) is 30.7 Å². The van der Waals surface area contributed by atoms with Crippen molar-refractivity contribution in [2.45, 2.75) is 122 Å². The Kier molecular flexibility index (Phi) is 20.3. The van der Waals surface area contributed by atoms with Gasteiger partial charge >= 0.3 is 7.82 Å². The summed E-state index contributed by atoms with van der Waals surface area (Å²) < 4.78 is 35.5. The van der Waals surface area contributed by atoms with Gasteiger partial charge in [0.1, 0.15) is 11.9 Å². The molecule has 0 N–H and O–H groups in total. The number of benzene rings is 1. The van der Waals surface area contributed by atoms with Crippen LogP contribution in [-0.4, -0.2) is 33.0 Å². The molecule has 2 aromatic rings. The third-order valence-electron chi connectivity index (χ3n) is 7.23. The Hall–Kier alpha value is -1.28. The lowest BCUT2D eigenvalue weighted by atomic mass is 10.0. The Morgan fingerprint density at radius 1 is 0.829 bits per heavy atom. The molecule has 1 heterocycles. The number of nitrogens with zero attached hydrogens (tertiary/aromatic N) is 1. The molecule has 2 unspecified atom stereocenters. The molecule has 1 aromatic heterocycles. The monoisotopic (exact) mass is 611 g/mol. The molecule has 2 rings (SSSR count). The fourth-order valence-corrected chi connectivity index (χ4v) is 6.08. The zero-order valence-electron chi connectivity index (χ0n) is 25.5. The minimum absolute atomic E-state index is 0.150. The first kappa shape index (κ1) is 35.9. The predicted octanol–water partition coefficient (Wildman–Crippen LogP) is 8.24. The van der Waals surface area contributed by atoms with Gasteiger partial charge in [-0.15, -0.1) is 0 Å². The Labute approximate surface area is 253 Å². The number of aromatic nitrogens is 1. The van der Waals surface area contributed by atoms with E-state index in [2.05, 4.69) is 11.5 Å². The second-order valence-corrected chi connectivity index (χ2v) is 13.0. The number of rotatable bonds is 27. The first-order valence-electron chi connectivity index (χ1n) is 15.8. The van der Waals surface area contributed by atoms with Gasteiger partial charge in [0.2, 0.25) is 5.51 Å². The summed E-state index contributed by atoms with van der Waals surface area (Å²) in [6.07, 6.45) is 22.9. The van der Waals surface area contributed by atoms with Crippen LogP contribution in [0.2, 0.25) is 0 Å². The first-order valence-corrected chi connectivity index (χ1v) is 18.2. The van der Waals surface area contributed by atoms with Crippen LogP contribution >= 0.6 is 19.2 Å². The molecule has 0 bridgehead atoms. The highest BCUT2D eigenvalue weighted by Crippen LogP contribution is 2.39. The fraction of sp³-hybridized carbons (Fsp3) is 0.719. The lowest BCUT2D eigenvalue weighted by Crippen LogP contribution is -2.30. The van der Waals surface area contributed by atoms with E-state index in [0.29, 0.717) is 13.2 Å². The minimum Gasteiger partial charge on any atom is -0.746 e. The molecule has 0 aliphatic heterocycles. The van der Waals surface area contributed by atoms with Gasteiger partial charge < -0.3 is 23.4 Å². The summed E-state index contributed by atoms with van der Waals surface area (Å²) in [4.78, 5) is 12.3. The van der Waals surface area contributed by atoms with Crippen LogP contribution in [0.1, 0.15) is 115 Å². The molecule has 9 heteroatoms. The van der Waals surface area contributed by atoms with Gasteiger partial charge in [-0.2, -0.15) is 4.57 Å². The number of thiazole rings is 1. The van der Waals surface area contributed by atoms with Crippen LogP contribution in [0.5, 0.6) is 5.75 Å². The van der Waals surface area contributed by atoms with Gasteiger partial charge in [-0.3, -0.25) is 4.57 Å². The van der Waals surface area contributed by atoms with Gasteiger partial charge in [0, 0.05) is 19.3 Å². The topological polar surface area (TPSA) is 80.9 Å². The predicted molar refractivity (Wildman–Crippen MR) is 165 cm³/mol. The summed E-state index contributed by atoms with van der Waals surface area (Å²) in [7, 11) is -3.00. The maximum absolute atomic E-state index is 12.3. The Morgan fingerprint density at radius 3 is 1.90 bits per heavy atom. The van der Waals surface area contributed by atoms with Crippen molar-refractivity contribution in [1.29, 1.82) is 0 Å². The smallest absolute Gasteiger partial charge is 0.319 e. The number of unbranched alkanes of at least 4 members (excludes halogenated alkanes) is 15. The lowest BCUT2D eigenvalue weighted by molar-refractivity contribution is -0.683. The zero-order chi connectivity index (χ0) is 29.4. The van der Waals surface area contributed by atoms with Crippen LogP contribution in [0.25, 0.3) is 0 Å². The van der Waals surface area contributed by atoms with Crippen molar-refractivity contribution in [2.75, 3.05) is 26.9 Å². The number of hydrogen-bond donors (Lipinski definition) is 0. The molecule has 0 aliphatic rings. The molecule has 1 aromatic carbocycles. The van der Waals surface area contributed by atoms with Gasteiger partial charge in [0.15, 0.2) is 12.7 Å². The molecular weight excluding hydrogens is 557 g/mol. The van der Waals surface area contributed by atoms with Gasteiger partial charge in [0.25, 0.3) is 0 Å². The lowest BCUT2D eigenvalue weighted by Gasteiger charge is -2.25. The van der Waals surface area contributed by atoms with Crippen molar-refractivity contribution in [3.05, 3.63) is 46.9 Å². The molecule has 0 amide bonds. The van der Waals surface area contributed by atoms with Crippen LogP contribution in [0.15, 0.2) is 41.4 Å². The number of hydrogen-bond acceptors (Lipinski definition) is 7. The second kappa shape index (κ2) is 23.2. The number of methoxy groups -OCH3 is 1. The minimum atomic E-state index is -4.52. The van der Waals surface area contributed by atoms with Crippen molar-refractivity contribution >= 4 is 19.2 Å². The average molecular weight is 612 g/mol. The van der Waals surface area contributed by atoms with Crippen LogP contribution < -0.4 is 14.0 Å². The summed E-state index contributed by atoms with van der Waals surface area (Å²) in [6.45, 7) is 3.76. The fourth-order valence-electron chi connectivity index (χ4n) is 4.70. The molecule has 0 fully saturated rings. The highest BCUT2D eigenvalue weighted by Gasteiger charge is 2.16. The van der Waals surface area contributed by atoms with Crippen molar-refractivity contribution in [3.63, 3.8) is 0 Å². The highest BCUT2D eigenvalue weighted by atomic mass is 32.1. The second-order valence-electron chi connectivity index (χ2n) is 10.9. The van der Waals surface area contributed by atoms with Crippen molar-refractivity contribution < 1.29 is 32.5 Å². The molecule has 0 spiro atoms. The molecule has 7 nitrogen and oxygen atoms in total. The van der Waals surface area contributed by atoms with Crippen LogP contribution in [-0.2, 0) is 25.1 Å². The van der Waals surface area contributed by atoms with Crippen molar-refractivity contribution in [2.24, 2.45) is 0 Å². The molecule has 0 saturated heterocycles. The van der Waals surface area contributed by atoms with Crippen LogP contribution in [0.3, 0.4) is 0 Å². The summed E-state index contributed by atoms with van der Waals surface area (Å²) >= 11 is 1.62. The van der Waals surface area contributed by atoms with E-state index in [1.807, 2.05) is 29.2 Å². The molecule has 2 atom stereocenters. The van der Waals surface area contributed by atoms with E-state index in [1.54, 1.807) is 23.5 Å². The van der Waals surface area contributed by atoms with E-state index in [0.717, 1.165) is 18.4 Å². The van der Waals surface area contributed by atoms with Gasteiger partial charge in [0.05, 0.1) is 18.6 Å². The molecular formula is C32H54NO6PS. The van der Waals surface area contributed by atoms with E-state index in [4.69, 9.17) is 18.5 Å². The molecule has 0 aliphatic carbocycles. The van der Waals surface area contributed by atoms with Crippen molar-refractivity contribution in [1.82, 2.24) is 0 Å². The third-order valence-corrected chi connectivity index (χ3v) is 8.80. The average Bonchev–Trinajstić information content (AvgIpc) is 3.48. The number of phosphoric ester groups is 1. The van der Waals surface area contributed by atoms with Gasteiger partial charge in [-0.25, -0.2) is 0 Å². The normalized spacial score (nSPS) is 13.7. The largest absolute Gasteiger partial charge is 0.746 e. The van der Waals surface area contributed by atoms with E-state index in [1.165, 1.54) is 97.0 Å². The molecule has 41 heavy (non-hydrogen) atoms. The zero-order valence-corrected chi connectivity index (χ0v) is 27.2. The summed E-state index contributed by atoms with van der Waals surface area (Å²) in [5.41, 5.74) is 3.06. The quantitative estimate of drug-likeness (QED) is 0.0575. The standard InChI is InChI=1S/C32H54NO6PS/c1-3-4-5-6-7-8-9-10-11-12-13-14-15-16-17-18-24-37-27-32(36-2)28-38-40(34,35)39-31-21-19-30(20-22-31)26-33-23-25-41-29-33/h19-23,25,29,32H,3-18,24,26-28H2,1-2H3. The molecule has 234 valence electrons. The Morgan fingerprint density at radius 2 is 1.39 bits per heavy atom. The van der Waals surface area contributed by atoms with E-state index in [-0.39, 0.29) is 19.0 Å². The maximum atomic E-state index is 12.3.